The van der Waals surface area contributed by atoms with Crippen LogP contribution in [0.25, 0.3) is 0 Å². The second-order valence-electron chi connectivity index (χ2n) is 5.92. The second kappa shape index (κ2) is 8.02. The van der Waals surface area contributed by atoms with Gasteiger partial charge in [0.25, 0.3) is 0 Å². The molecule has 1 fully saturated rings. The fraction of sp³-hybridized carbons (Fsp3) is 0.647. The third-order valence-electron chi connectivity index (χ3n) is 4.29. The molecule has 3 nitrogen and oxygen atoms in total. The zero-order chi connectivity index (χ0) is 15.2. The molecule has 1 aliphatic heterocycles. The monoisotopic (exact) mass is 309 g/mol. The lowest BCUT2D eigenvalue weighted by molar-refractivity contribution is 0.328. The SMILES string of the molecule is CCNCc1cc(Cl)ccc1N1CCCN(C)CC1CC. The lowest BCUT2D eigenvalue weighted by atomic mass is 10.1. The van der Waals surface area contributed by atoms with E-state index in [4.69, 9.17) is 11.6 Å². The largest absolute Gasteiger partial charge is 0.367 e. The average Bonchev–Trinajstić information content (AvgIpc) is 2.66. The Bertz CT molecular complexity index is 450. The lowest BCUT2D eigenvalue weighted by Crippen LogP contribution is -2.40. The van der Waals surface area contributed by atoms with E-state index in [2.05, 4.69) is 48.1 Å². The molecule has 0 aliphatic carbocycles. The van der Waals surface area contributed by atoms with E-state index in [0.29, 0.717) is 6.04 Å². The molecule has 1 N–H and O–H groups in total. The zero-order valence-electron chi connectivity index (χ0n) is 13.5. The van der Waals surface area contributed by atoms with Crippen LogP contribution < -0.4 is 10.2 Å². The fourth-order valence-electron chi connectivity index (χ4n) is 3.15. The minimum atomic E-state index is 0.582. The van der Waals surface area contributed by atoms with Crippen molar-refractivity contribution in [2.45, 2.75) is 39.3 Å². The molecule has 1 aliphatic rings. The second-order valence-corrected chi connectivity index (χ2v) is 6.36. The Labute approximate surface area is 134 Å². The smallest absolute Gasteiger partial charge is 0.0415 e. The van der Waals surface area contributed by atoms with Gasteiger partial charge < -0.3 is 15.1 Å². The maximum absolute atomic E-state index is 6.21. The van der Waals surface area contributed by atoms with Crippen molar-refractivity contribution in [1.29, 1.82) is 0 Å². The van der Waals surface area contributed by atoms with E-state index in [1.54, 1.807) is 0 Å². The standard InChI is InChI=1S/C17H28ClN3/c1-4-16-13-20(3)9-6-10-21(16)17-8-7-15(18)11-14(17)12-19-5-2/h7-8,11,16,19H,4-6,9-10,12-13H2,1-3H3. The van der Waals surface area contributed by atoms with Crippen LogP contribution in [0, 0.1) is 0 Å². The maximum Gasteiger partial charge on any atom is 0.0415 e. The van der Waals surface area contributed by atoms with Gasteiger partial charge in [-0.1, -0.05) is 25.4 Å². The van der Waals surface area contributed by atoms with Crippen LogP contribution in [-0.2, 0) is 6.54 Å². The number of rotatable bonds is 5. The Morgan fingerprint density at radius 2 is 2.10 bits per heavy atom. The Hall–Kier alpha value is -0.770. The Morgan fingerprint density at radius 1 is 1.29 bits per heavy atom. The van der Waals surface area contributed by atoms with Crippen molar-refractivity contribution in [2.75, 3.05) is 38.1 Å². The van der Waals surface area contributed by atoms with Crippen LogP contribution >= 0.6 is 11.6 Å². The molecule has 1 saturated heterocycles. The van der Waals surface area contributed by atoms with E-state index in [9.17, 15) is 0 Å². The molecule has 118 valence electrons. The van der Waals surface area contributed by atoms with Crippen LogP contribution in [0.1, 0.15) is 32.3 Å². The van der Waals surface area contributed by atoms with Crippen molar-refractivity contribution in [2.24, 2.45) is 0 Å². The quantitative estimate of drug-likeness (QED) is 0.899. The molecule has 21 heavy (non-hydrogen) atoms. The summed E-state index contributed by atoms with van der Waals surface area (Å²) < 4.78 is 0. The van der Waals surface area contributed by atoms with E-state index in [1.165, 1.54) is 30.6 Å². The predicted molar refractivity (Wildman–Crippen MR) is 92.4 cm³/mol. The van der Waals surface area contributed by atoms with E-state index in [0.717, 1.165) is 31.2 Å². The third-order valence-corrected chi connectivity index (χ3v) is 4.52. The van der Waals surface area contributed by atoms with Crippen molar-refractivity contribution in [1.82, 2.24) is 10.2 Å². The van der Waals surface area contributed by atoms with E-state index in [1.807, 2.05) is 6.07 Å². The molecular formula is C17H28ClN3. The van der Waals surface area contributed by atoms with Crippen LogP contribution in [0.2, 0.25) is 5.02 Å². The summed E-state index contributed by atoms with van der Waals surface area (Å²) in [6.07, 6.45) is 2.39. The summed E-state index contributed by atoms with van der Waals surface area (Å²) in [5, 5.41) is 4.26. The van der Waals surface area contributed by atoms with Gasteiger partial charge in [-0.05, 0) is 56.7 Å². The van der Waals surface area contributed by atoms with Gasteiger partial charge in [0.15, 0.2) is 0 Å². The van der Waals surface area contributed by atoms with Crippen molar-refractivity contribution >= 4 is 17.3 Å². The fourth-order valence-corrected chi connectivity index (χ4v) is 3.34. The molecule has 1 aromatic carbocycles. The molecule has 0 amide bonds. The highest BCUT2D eigenvalue weighted by Gasteiger charge is 2.23. The van der Waals surface area contributed by atoms with Crippen molar-refractivity contribution in [3.05, 3.63) is 28.8 Å². The number of halogens is 1. The van der Waals surface area contributed by atoms with Gasteiger partial charge in [-0.3, -0.25) is 0 Å². The van der Waals surface area contributed by atoms with Crippen LogP contribution in [-0.4, -0.2) is 44.2 Å². The number of hydrogen-bond donors (Lipinski definition) is 1. The molecule has 0 bridgehead atoms. The summed E-state index contributed by atoms with van der Waals surface area (Å²) >= 11 is 6.21. The normalized spacial score (nSPS) is 20.6. The van der Waals surface area contributed by atoms with Crippen LogP contribution in [0.15, 0.2) is 18.2 Å². The number of likely N-dealkylation sites (N-methyl/N-ethyl adjacent to an activating group) is 1. The van der Waals surface area contributed by atoms with E-state index < -0.39 is 0 Å². The van der Waals surface area contributed by atoms with E-state index in [-0.39, 0.29) is 0 Å². The van der Waals surface area contributed by atoms with Gasteiger partial charge in [-0.2, -0.15) is 0 Å². The first kappa shape index (κ1) is 16.6. The van der Waals surface area contributed by atoms with Gasteiger partial charge >= 0.3 is 0 Å². The van der Waals surface area contributed by atoms with Crippen LogP contribution in [0.3, 0.4) is 0 Å². The Balaban J connectivity index is 2.29. The molecule has 1 aromatic rings. The number of anilines is 1. The van der Waals surface area contributed by atoms with Gasteiger partial charge in [0, 0.05) is 36.4 Å². The minimum Gasteiger partial charge on any atom is -0.367 e. The first-order valence-corrected chi connectivity index (χ1v) is 8.47. The number of nitrogens with one attached hydrogen (secondary N) is 1. The summed E-state index contributed by atoms with van der Waals surface area (Å²) in [6.45, 7) is 9.74. The summed E-state index contributed by atoms with van der Waals surface area (Å²) in [4.78, 5) is 5.04. The number of benzene rings is 1. The maximum atomic E-state index is 6.21. The molecule has 0 spiro atoms. The van der Waals surface area contributed by atoms with E-state index >= 15 is 0 Å². The predicted octanol–water partition coefficient (Wildman–Crippen LogP) is 3.37. The van der Waals surface area contributed by atoms with Gasteiger partial charge in [-0.15, -0.1) is 0 Å². The molecule has 1 atom stereocenters. The molecule has 1 heterocycles. The Morgan fingerprint density at radius 3 is 2.81 bits per heavy atom. The van der Waals surface area contributed by atoms with Crippen molar-refractivity contribution in [3.8, 4) is 0 Å². The number of nitrogens with zero attached hydrogens (tertiary/aromatic N) is 2. The molecular weight excluding hydrogens is 282 g/mol. The molecule has 2 rings (SSSR count). The summed E-state index contributed by atoms with van der Waals surface area (Å²) in [5.41, 5.74) is 2.66. The zero-order valence-corrected chi connectivity index (χ0v) is 14.3. The van der Waals surface area contributed by atoms with Gasteiger partial charge in [0.1, 0.15) is 0 Å². The first-order valence-electron chi connectivity index (χ1n) is 8.10. The topological polar surface area (TPSA) is 18.5 Å². The Kier molecular flexibility index (Phi) is 6.34. The van der Waals surface area contributed by atoms with Crippen molar-refractivity contribution in [3.63, 3.8) is 0 Å². The minimum absolute atomic E-state index is 0.582. The number of hydrogen-bond acceptors (Lipinski definition) is 3. The van der Waals surface area contributed by atoms with Crippen LogP contribution in [0.5, 0.6) is 0 Å². The summed E-state index contributed by atoms with van der Waals surface area (Å²) in [5.74, 6) is 0. The third kappa shape index (κ3) is 4.35. The van der Waals surface area contributed by atoms with Crippen molar-refractivity contribution < 1.29 is 0 Å². The van der Waals surface area contributed by atoms with Gasteiger partial charge in [0.2, 0.25) is 0 Å². The molecule has 1 unspecified atom stereocenters. The highest BCUT2D eigenvalue weighted by atomic mass is 35.5. The first-order chi connectivity index (χ1) is 10.2. The molecule has 0 saturated carbocycles. The molecule has 4 heteroatoms. The molecule has 0 radical (unpaired) electrons. The highest BCUT2D eigenvalue weighted by Crippen LogP contribution is 2.28. The van der Waals surface area contributed by atoms with Gasteiger partial charge in [-0.25, -0.2) is 0 Å². The van der Waals surface area contributed by atoms with Crippen LogP contribution in [0.4, 0.5) is 5.69 Å². The average molecular weight is 310 g/mol. The highest BCUT2D eigenvalue weighted by molar-refractivity contribution is 6.30. The summed E-state index contributed by atoms with van der Waals surface area (Å²) in [6, 6.07) is 6.91. The van der Waals surface area contributed by atoms with Gasteiger partial charge in [0.05, 0.1) is 0 Å². The molecule has 0 aromatic heterocycles. The summed E-state index contributed by atoms with van der Waals surface area (Å²) in [7, 11) is 2.23. The lowest BCUT2D eigenvalue weighted by Gasteiger charge is -2.34.